The van der Waals surface area contributed by atoms with E-state index in [9.17, 15) is 4.79 Å². The van der Waals surface area contributed by atoms with Gasteiger partial charge in [0.15, 0.2) is 0 Å². The highest BCUT2D eigenvalue weighted by Crippen LogP contribution is 2.26. The topological polar surface area (TPSA) is 61.0 Å². The lowest BCUT2D eigenvalue weighted by Crippen LogP contribution is -2.24. The van der Waals surface area contributed by atoms with Crippen LogP contribution in [0.1, 0.15) is 54.2 Å². The summed E-state index contributed by atoms with van der Waals surface area (Å²) in [7, 11) is 0. The molecule has 0 radical (unpaired) electrons. The van der Waals surface area contributed by atoms with E-state index in [1.807, 2.05) is 20.8 Å². The predicted octanol–water partition coefficient (Wildman–Crippen LogP) is 4.29. The summed E-state index contributed by atoms with van der Waals surface area (Å²) in [5, 5.41) is 4.22. The molecule has 2 N–H and O–H groups in total. The Morgan fingerprint density at radius 1 is 1.21 bits per heavy atom. The Morgan fingerprint density at radius 2 is 1.93 bits per heavy atom. The molecule has 5 nitrogen and oxygen atoms in total. The second kappa shape index (κ2) is 8.99. The van der Waals surface area contributed by atoms with Crippen molar-refractivity contribution >= 4 is 21.6 Å². The van der Waals surface area contributed by atoms with Crippen molar-refractivity contribution < 1.29 is 0 Å². The Hall–Kier alpha value is -2.02. The van der Waals surface area contributed by atoms with Crippen LogP contribution in [0.5, 0.6) is 0 Å². The van der Waals surface area contributed by atoms with Crippen molar-refractivity contribution in [3.05, 3.63) is 62.0 Å². The lowest BCUT2D eigenvalue weighted by Gasteiger charge is -2.19. The minimum atomic E-state index is -0.0447. The minimum absolute atomic E-state index is 0.0359. The number of aryl methyl sites for hydroxylation is 2. The molecule has 6 heteroatoms. The van der Waals surface area contributed by atoms with Crippen LogP contribution in [-0.2, 0) is 13.1 Å². The van der Waals surface area contributed by atoms with E-state index < -0.39 is 0 Å². The average molecular weight is 399 g/mol. The molecule has 0 spiro atoms. The zero-order valence-electron chi connectivity index (χ0n) is 17.4. The van der Waals surface area contributed by atoms with Crippen molar-refractivity contribution in [1.82, 2.24) is 20.2 Å². The van der Waals surface area contributed by atoms with E-state index in [2.05, 4.69) is 53.3 Å². The Balaban J connectivity index is 1.71. The van der Waals surface area contributed by atoms with E-state index in [-0.39, 0.29) is 11.6 Å². The van der Waals surface area contributed by atoms with Gasteiger partial charge in [-0.2, -0.15) is 0 Å². The van der Waals surface area contributed by atoms with Gasteiger partial charge in [-0.15, -0.1) is 11.3 Å². The van der Waals surface area contributed by atoms with Crippen molar-refractivity contribution in [1.29, 1.82) is 0 Å². The van der Waals surface area contributed by atoms with E-state index in [4.69, 9.17) is 4.98 Å². The minimum Gasteiger partial charge on any atom is -0.309 e. The van der Waals surface area contributed by atoms with Gasteiger partial charge in [-0.25, -0.2) is 4.98 Å². The van der Waals surface area contributed by atoms with Crippen LogP contribution in [0.15, 0.2) is 29.1 Å². The van der Waals surface area contributed by atoms with Gasteiger partial charge in [-0.3, -0.25) is 9.69 Å². The Labute approximate surface area is 170 Å². The van der Waals surface area contributed by atoms with Crippen LogP contribution in [0.25, 0.3) is 10.2 Å². The van der Waals surface area contributed by atoms with Crippen LogP contribution in [0.4, 0.5) is 0 Å². The third kappa shape index (κ3) is 4.51. The van der Waals surface area contributed by atoms with Crippen molar-refractivity contribution in [3.8, 4) is 0 Å². The quantitative estimate of drug-likeness (QED) is 0.594. The molecule has 3 rings (SSSR count). The number of aromatic amines is 1. The zero-order chi connectivity index (χ0) is 20.3. The number of benzene rings is 1. The largest absolute Gasteiger partial charge is 0.309 e. The Morgan fingerprint density at radius 3 is 2.64 bits per heavy atom. The van der Waals surface area contributed by atoms with Gasteiger partial charge in [0.05, 0.1) is 11.4 Å². The summed E-state index contributed by atoms with van der Waals surface area (Å²) < 4.78 is 0. The summed E-state index contributed by atoms with van der Waals surface area (Å²) in [5.74, 6) is 0.693. The van der Waals surface area contributed by atoms with E-state index in [0.717, 1.165) is 46.8 Å². The molecule has 28 heavy (non-hydrogen) atoms. The normalized spacial score (nSPS) is 12.8. The van der Waals surface area contributed by atoms with Crippen LogP contribution in [0.3, 0.4) is 0 Å². The van der Waals surface area contributed by atoms with Gasteiger partial charge >= 0.3 is 0 Å². The van der Waals surface area contributed by atoms with Gasteiger partial charge in [0, 0.05) is 18.0 Å². The fourth-order valence-corrected chi connectivity index (χ4v) is 4.42. The third-order valence-electron chi connectivity index (χ3n) is 5.37. The van der Waals surface area contributed by atoms with Gasteiger partial charge in [0.25, 0.3) is 5.56 Å². The number of nitrogens with zero attached hydrogens (tertiary/aromatic N) is 2. The smallest absolute Gasteiger partial charge is 0.259 e. The lowest BCUT2D eigenvalue weighted by atomic mass is 10.1. The number of aromatic nitrogens is 2. The SMILES string of the molecule is CCN(CC)Cc1cccc(CNC(C)c2nc3sc(C)c(C)c3c(=O)[nH]2)c1. The molecular formula is C22H30N4OS. The number of rotatable bonds is 8. The molecule has 1 aromatic carbocycles. The van der Waals surface area contributed by atoms with E-state index in [1.165, 1.54) is 11.1 Å². The first kappa shape index (κ1) is 20.7. The molecule has 150 valence electrons. The van der Waals surface area contributed by atoms with E-state index in [1.54, 1.807) is 11.3 Å². The number of H-pyrrole nitrogens is 1. The van der Waals surface area contributed by atoms with Crippen LogP contribution in [-0.4, -0.2) is 28.0 Å². The average Bonchev–Trinajstić information content (AvgIpc) is 2.98. The highest BCUT2D eigenvalue weighted by molar-refractivity contribution is 7.18. The molecule has 1 atom stereocenters. The second-order valence-electron chi connectivity index (χ2n) is 7.30. The maximum Gasteiger partial charge on any atom is 0.259 e. The van der Waals surface area contributed by atoms with Crippen molar-refractivity contribution in [2.75, 3.05) is 13.1 Å². The molecule has 3 aromatic rings. The van der Waals surface area contributed by atoms with Crippen LogP contribution < -0.4 is 10.9 Å². The van der Waals surface area contributed by atoms with Crippen LogP contribution in [0, 0.1) is 13.8 Å². The number of hydrogen-bond donors (Lipinski definition) is 2. The molecule has 0 bridgehead atoms. The molecule has 2 aromatic heterocycles. The van der Waals surface area contributed by atoms with Gasteiger partial charge in [-0.1, -0.05) is 38.1 Å². The van der Waals surface area contributed by atoms with Crippen LogP contribution in [0.2, 0.25) is 0 Å². The summed E-state index contributed by atoms with van der Waals surface area (Å²) in [6, 6.07) is 8.65. The van der Waals surface area contributed by atoms with Gasteiger partial charge in [0.2, 0.25) is 0 Å². The van der Waals surface area contributed by atoms with E-state index >= 15 is 0 Å². The van der Waals surface area contributed by atoms with Crippen LogP contribution >= 0.6 is 11.3 Å². The first-order valence-corrected chi connectivity index (χ1v) is 10.8. The molecule has 0 fully saturated rings. The number of fused-ring (bicyclic) bond motifs is 1. The van der Waals surface area contributed by atoms with E-state index in [0.29, 0.717) is 5.82 Å². The first-order valence-electron chi connectivity index (χ1n) is 9.96. The standard InChI is InChI=1S/C22H30N4OS/c1-6-26(7-2)13-18-10-8-9-17(11-18)12-23-15(4)20-24-21(27)19-14(3)16(5)28-22(19)25-20/h8-11,15,23H,6-7,12-13H2,1-5H3,(H,24,25,27). The summed E-state index contributed by atoms with van der Waals surface area (Å²) >= 11 is 1.59. The lowest BCUT2D eigenvalue weighted by molar-refractivity contribution is 0.296. The predicted molar refractivity (Wildman–Crippen MR) is 118 cm³/mol. The maximum absolute atomic E-state index is 12.5. The first-order chi connectivity index (χ1) is 13.4. The second-order valence-corrected chi connectivity index (χ2v) is 8.50. The Bertz CT molecular complexity index is 1000. The molecule has 0 aliphatic carbocycles. The fraction of sp³-hybridized carbons (Fsp3) is 0.455. The maximum atomic E-state index is 12.5. The monoisotopic (exact) mass is 398 g/mol. The molecule has 0 aliphatic rings. The molecule has 2 heterocycles. The van der Waals surface area contributed by atoms with Crippen molar-refractivity contribution in [2.45, 2.75) is 53.8 Å². The summed E-state index contributed by atoms with van der Waals surface area (Å²) in [5.41, 5.74) is 3.55. The summed E-state index contributed by atoms with van der Waals surface area (Å²) in [6.07, 6.45) is 0. The van der Waals surface area contributed by atoms with Gasteiger partial charge < -0.3 is 10.3 Å². The van der Waals surface area contributed by atoms with Crippen molar-refractivity contribution in [3.63, 3.8) is 0 Å². The molecular weight excluding hydrogens is 368 g/mol. The summed E-state index contributed by atoms with van der Waals surface area (Å²) in [6.45, 7) is 14.3. The molecule has 0 amide bonds. The van der Waals surface area contributed by atoms with Gasteiger partial charge in [0.1, 0.15) is 10.7 Å². The molecule has 1 unspecified atom stereocenters. The molecule has 0 saturated carbocycles. The number of nitrogens with one attached hydrogen (secondary N) is 2. The number of thiophene rings is 1. The Kier molecular flexibility index (Phi) is 6.65. The highest BCUT2D eigenvalue weighted by atomic mass is 32.1. The fourth-order valence-electron chi connectivity index (χ4n) is 3.39. The van der Waals surface area contributed by atoms with Gasteiger partial charge in [-0.05, 0) is 50.6 Å². The highest BCUT2D eigenvalue weighted by Gasteiger charge is 2.15. The zero-order valence-corrected chi connectivity index (χ0v) is 18.2. The third-order valence-corrected chi connectivity index (χ3v) is 6.47. The molecule has 0 aliphatic heterocycles. The molecule has 0 saturated heterocycles. The summed E-state index contributed by atoms with van der Waals surface area (Å²) in [4.78, 5) is 24.5. The number of hydrogen-bond acceptors (Lipinski definition) is 5. The van der Waals surface area contributed by atoms with Crippen molar-refractivity contribution in [2.24, 2.45) is 0 Å².